The highest BCUT2D eigenvalue weighted by Crippen LogP contribution is 2.18. The molecule has 0 unspecified atom stereocenters. The second-order valence-electron chi connectivity index (χ2n) is 6.01. The molecule has 0 aliphatic carbocycles. The molecular formula is C22H17ClN2O3. The first kappa shape index (κ1) is 19.3. The highest BCUT2D eigenvalue weighted by Gasteiger charge is 2.12. The van der Waals surface area contributed by atoms with E-state index in [1.54, 1.807) is 60.7 Å². The van der Waals surface area contributed by atoms with Gasteiger partial charge >= 0.3 is 5.97 Å². The molecule has 0 radical (unpaired) electrons. The zero-order valence-corrected chi connectivity index (χ0v) is 15.8. The molecule has 3 rings (SSSR count). The summed E-state index contributed by atoms with van der Waals surface area (Å²) in [6.45, 7) is 1.92. The van der Waals surface area contributed by atoms with Crippen LogP contribution in [0.5, 0.6) is 5.75 Å². The van der Waals surface area contributed by atoms with E-state index in [1.807, 2.05) is 19.1 Å². The average molecular weight is 393 g/mol. The number of nitrogens with one attached hydrogen (secondary N) is 1. The van der Waals surface area contributed by atoms with Crippen molar-refractivity contribution in [3.05, 3.63) is 100 Å². The molecule has 0 atom stereocenters. The summed E-state index contributed by atoms with van der Waals surface area (Å²) < 4.78 is 5.31. The number of nitrogens with zero attached hydrogens (tertiary/aromatic N) is 1. The number of hydrogen-bond donors (Lipinski definition) is 1. The minimum atomic E-state index is -0.530. The van der Waals surface area contributed by atoms with Gasteiger partial charge in [-0.25, -0.2) is 10.2 Å². The normalized spacial score (nSPS) is 10.6. The van der Waals surface area contributed by atoms with Gasteiger partial charge in [-0.05, 0) is 61.0 Å². The Bertz CT molecular complexity index is 1030. The smallest absolute Gasteiger partial charge is 0.345 e. The molecule has 0 heterocycles. The van der Waals surface area contributed by atoms with Crippen LogP contribution in [0.4, 0.5) is 0 Å². The van der Waals surface area contributed by atoms with E-state index >= 15 is 0 Å². The molecule has 5 nitrogen and oxygen atoms in total. The first-order chi connectivity index (χ1) is 13.5. The van der Waals surface area contributed by atoms with Crippen molar-refractivity contribution in [1.29, 1.82) is 0 Å². The molecule has 0 aliphatic rings. The highest BCUT2D eigenvalue weighted by molar-refractivity contribution is 6.33. The zero-order valence-electron chi connectivity index (χ0n) is 15.1. The average Bonchev–Trinajstić information content (AvgIpc) is 2.69. The van der Waals surface area contributed by atoms with E-state index in [2.05, 4.69) is 10.5 Å². The molecule has 28 heavy (non-hydrogen) atoms. The van der Waals surface area contributed by atoms with Gasteiger partial charge in [-0.15, -0.1) is 0 Å². The maximum Gasteiger partial charge on any atom is 0.345 e. The van der Waals surface area contributed by atoms with Crippen LogP contribution in [0.3, 0.4) is 0 Å². The molecule has 3 aromatic rings. The number of aryl methyl sites for hydroxylation is 1. The van der Waals surface area contributed by atoms with E-state index in [0.717, 1.165) is 11.1 Å². The van der Waals surface area contributed by atoms with Crippen LogP contribution in [0.15, 0.2) is 77.9 Å². The summed E-state index contributed by atoms with van der Waals surface area (Å²) in [6, 6.07) is 20.6. The Morgan fingerprint density at radius 2 is 1.75 bits per heavy atom. The van der Waals surface area contributed by atoms with Crippen LogP contribution in [0.2, 0.25) is 5.02 Å². The highest BCUT2D eigenvalue weighted by atomic mass is 35.5. The number of benzene rings is 3. The molecule has 0 saturated carbocycles. The van der Waals surface area contributed by atoms with Gasteiger partial charge in [-0.1, -0.05) is 41.4 Å². The van der Waals surface area contributed by atoms with Gasteiger partial charge in [-0.3, -0.25) is 4.79 Å². The van der Waals surface area contributed by atoms with Crippen LogP contribution in [0.1, 0.15) is 31.8 Å². The molecule has 0 fully saturated rings. The Kier molecular flexibility index (Phi) is 6.19. The Morgan fingerprint density at radius 1 is 1.00 bits per heavy atom. The molecule has 0 spiro atoms. The van der Waals surface area contributed by atoms with E-state index in [9.17, 15) is 9.59 Å². The van der Waals surface area contributed by atoms with Crippen LogP contribution >= 0.6 is 11.6 Å². The molecule has 3 aromatic carbocycles. The minimum absolute atomic E-state index is 0.287. The number of carbonyl (C=O) groups is 2. The molecule has 1 amide bonds. The standard InChI is InChI=1S/C22H17ClN2O3/c1-15-5-4-6-17(13-15)21(26)25-24-14-16-9-11-18(12-10-16)28-22(27)19-7-2-3-8-20(19)23/h2-14H,1H3,(H,25,26)/b24-14+. The molecule has 1 N–H and O–H groups in total. The predicted molar refractivity (Wildman–Crippen MR) is 109 cm³/mol. The second-order valence-corrected chi connectivity index (χ2v) is 6.41. The lowest BCUT2D eigenvalue weighted by Gasteiger charge is -2.06. The molecule has 0 bridgehead atoms. The van der Waals surface area contributed by atoms with Crippen molar-refractivity contribution in [2.24, 2.45) is 5.10 Å². The van der Waals surface area contributed by atoms with Crippen molar-refractivity contribution in [3.8, 4) is 5.75 Å². The van der Waals surface area contributed by atoms with E-state index in [4.69, 9.17) is 16.3 Å². The largest absolute Gasteiger partial charge is 0.423 e. The molecule has 0 aliphatic heterocycles. The van der Waals surface area contributed by atoms with Gasteiger partial charge in [0, 0.05) is 5.56 Å². The van der Waals surface area contributed by atoms with Crippen LogP contribution in [0.25, 0.3) is 0 Å². The summed E-state index contributed by atoms with van der Waals surface area (Å²) >= 11 is 5.99. The number of carbonyl (C=O) groups excluding carboxylic acids is 2. The fraction of sp³-hybridized carbons (Fsp3) is 0.0455. The summed E-state index contributed by atoms with van der Waals surface area (Å²) in [5.41, 5.74) is 5.06. The zero-order chi connectivity index (χ0) is 19.9. The maximum absolute atomic E-state index is 12.1. The van der Waals surface area contributed by atoms with Crippen molar-refractivity contribution in [1.82, 2.24) is 5.43 Å². The van der Waals surface area contributed by atoms with Gasteiger partial charge in [-0.2, -0.15) is 5.10 Å². The van der Waals surface area contributed by atoms with Gasteiger partial charge in [0.1, 0.15) is 5.75 Å². The summed E-state index contributed by atoms with van der Waals surface area (Å²) in [4.78, 5) is 24.2. The number of rotatable bonds is 5. The van der Waals surface area contributed by atoms with Gasteiger partial charge in [0.05, 0.1) is 16.8 Å². The number of esters is 1. The van der Waals surface area contributed by atoms with Crippen molar-refractivity contribution in [2.45, 2.75) is 6.92 Å². The third-order valence-corrected chi connectivity index (χ3v) is 4.17. The lowest BCUT2D eigenvalue weighted by Crippen LogP contribution is -2.17. The quantitative estimate of drug-likeness (QED) is 0.298. The predicted octanol–water partition coefficient (Wildman–Crippen LogP) is 4.63. The molecule has 0 aromatic heterocycles. The van der Waals surface area contributed by atoms with Crippen LogP contribution < -0.4 is 10.2 Å². The van der Waals surface area contributed by atoms with Gasteiger partial charge in [0.25, 0.3) is 5.91 Å². The third kappa shape index (κ3) is 5.05. The Balaban J connectivity index is 1.58. The first-order valence-corrected chi connectivity index (χ1v) is 8.87. The summed E-state index contributed by atoms with van der Waals surface area (Å²) in [5, 5.41) is 4.28. The third-order valence-electron chi connectivity index (χ3n) is 3.84. The fourth-order valence-electron chi connectivity index (χ4n) is 2.43. The number of ether oxygens (including phenoxy) is 1. The Labute approximate surface area is 167 Å². The number of halogens is 1. The van der Waals surface area contributed by atoms with Crippen molar-refractivity contribution >= 4 is 29.7 Å². The second kappa shape index (κ2) is 8.97. The summed E-state index contributed by atoms with van der Waals surface area (Å²) in [5.74, 6) is -0.437. The Hall–Kier alpha value is -3.44. The maximum atomic E-state index is 12.1. The van der Waals surface area contributed by atoms with Crippen LogP contribution in [-0.2, 0) is 0 Å². The monoisotopic (exact) mass is 392 g/mol. The van der Waals surface area contributed by atoms with Gasteiger partial charge in [0.15, 0.2) is 0 Å². The fourth-order valence-corrected chi connectivity index (χ4v) is 2.64. The van der Waals surface area contributed by atoms with E-state index in [0.29, 0.717) is 21.9 Å². The lowest BCUT2D eigenvalue weighted by molar-refractivity contribution is 0.0734. The molecule has 140 valence electrons. The lowest BCUT2D eigenvalue weighted by atomic mass is 10.1. The van der Waals surface area contributed by atoms with E-state index < -0.39 is 5.97 Å². The van der Waals surface area contributed by atoms with E-state index in [-0.39, 0.29) is 5.91 Å². The SMILES string of the molecule is Cc1cccc(C(=O)N/N=C/c2ccc(OC(=O)c3ccccc3Cl)cc2)c1. The van der Waals surface area contributed by atoms with Gasteiger partial charge in [0.2, 0.25) is 0 Å². The van der Waals surface area contributed by atoms with Crippen molar-refractivity contribution in [3.63, 3.8) is 0 Å². The van der Waals surface area contributed by atoms with E-state index in [1.165, 1.54) is 6.21 Å². The topological polar surface area (TPSA) is 67.8 Å². The van der Waals surface area contributed by atoms with Crippen molar-refractivity contribution < 1.29 is 14.3 Å². The van der Waals surface area contributed by atoms with Crippen molar-refractivity contribution in [2.75, 3.05) is 0 Å². The number of amides is 1. The molecule has 6 heteroatoms. The summed E-state index contributed by atoms with van der Waals surface area (Å²) in [7, 11) is 0. The minimum Gasteiger partial charge on any atom is -0.423 e. The van der Waals surface area contributed by atoms with Crippen LogP contribution in [0, 0.1) is 6.92 Å². The van der Waals surface area contributed by atoms with Crippen LogP contribution in [-0.4, -0.2) is 18.1 Å². The number of hydrogen-bond acceptors (Lipinski definition) is 4. The summed E-state index contributed by atoms with van der Waals surface area (Å²) in [6.07, 6.45) is 1.51. The number of hydrazone groups is 1. The first-order valence-electron chi connectivity index (χ1n) is 8.50. The van der Waals surface area contributed by atoms with Gasteiger partial charge < -0.3 is 4.74 Å². The molecular weight excluding hydrogens is 376 g/mol. The molecule has 0 saturated heterocycles. The Morgan fingerprint density at radius 3 is 2.46 bits per heavy atom.